The van der Waals surface area contributed by atoms with Crippen molar-refractivity contribution in [2.45, 2.75) is 13.0 Å². The minimum atomic E-state index is -0.401. The maximum atomic E-state index is 13.9. The first-order valence-electron chi connectivity index (χ1n) is 6.62. The Balaban J connectivity index is 1.86. The molecule has 1 atom stereocenters. The number of nitrogens with zero attached hydrogens (tertiary/aromatic N) is 1. The van der Waals surface area contributed by atoms with Crippen LogP contribution >= 0.6 is 11.3 Å². The fourth-order valence-corrected chi connectivity index (χ4v) is 3.29. The van der Waals surface area contributed by atoms with Crippen LogP contribution in [-0.2, 0) is 0 Å². The van der Waals surface area contributed by atoms with Gasteiger partial charge in [-0.3, -0.25) is 0 Å². The summed E-state index contributed by atoms with van der Waals surface area (Å²) in [7, 11) is 0. The monoisotopic (exact) mass is 296 g/mol. The molecule has 0 aliphatic rings. The van der Waals surface area contributed by atoms with E-state index in [4.69, 9.17) is 5.26 Å². The van der Waals surface area contributed by atoms with Crippen molar-refractivity contribution in [2.24, 2.45) is 0 Å². The Labute approximate surface area is 126 Å². The fraction of sp³-hybridized carbons (Fsp3) is 0.118. The van der Waals surface area contributed by atoms with E-state index in [0.29, 0.717) is 11.3 Å². The summed E-state index contributed by atoms with van der Waals surface area (Å²) >= 11 is 1.70. The molecule has 1 aromatic heterocycles. The number of nitriles is 1. The highest BCUT2D eigenvalue weighted by atomic mass is 32.1. The number of rotatable bonds is 3. The zero-order valence-corrected chi connectivity index (χ0v) is 12.2. The van der Waals surface area contributed by atoms with Crippen LogP contribution in [0, 0.1) is 17.1 Å². The first-order chi connectivity index (χ1) is 10.2. The number of halogens is 1. The molecule has 0 aliphatic heterocycles. The normalized spacial score (nSPS) is 12.0. The Morgan fingerprint density at radius 1 is 1.19 bits per heavy atom. The van der Waals surface area contributed by atoms with Gasteiger partial charge in [0.25, 0.3) is 0 Å². The summed E-state index contributed by atoms with van der Waals surface area (Å²) in [6, 6.07) is 16.7. The minimum absolute atomic E-state index is 0.00448. The maximum Gasteiger partial charge on any atom is 0.147 e. The number of thiophene rings is 1. The van der Waals surface area contributed by atoms with Crippen LogP contribution in [0.5, 0.6) is 0 Å². The summed E-state index contributed by atoms with van der Waals surface area (Å²) in [6.45, 7) is 2.00. The Hall–Kier alpha value is -2.38. The van der Waals surface area contributed by atoms with Crippen LogP contribution in [0.3, 0.4) is 0 Å². The van der Waals surface area contributed by atoms with Crippen LogP contribution < -0.4 is 5.32 Å². The third kappa shape index (κ3) is 2.74. The van der Waals surface area contributed by atoms with E-state index in [2.05, 4.69) is 23.5 Å². The highest BCUT2D eigenvalue weighted by molar-refractivity contribution is 7.19. The van der Waals surface area contributed by atoms with E-state index in [-0.39, 0.29) is 6.04 Å². The Morgan fingerprint density at radius 2 is 2.00 bits per heavy atom. The first kappa shape index (κ1) is 13.6. The van der Waals surface area contributed by atoms with Crippen LogP contribution in [0.4, 0.5) is 10.1 Å². The van der Waals surface area contributed by atoms with Crippen LogP contribution in [0.25, 0.3) is 10.1 Å². The van der Waals surface area contributed by atoms with Gasteiger partial charge in [0.2, 0.25) is 0 Å². The smallest absolute Gasteiger partial charge is 0.147 e. The lowest BCUT2D eigenvalue weighted by Crippen LogP contribution is -2.06. The van der Waals surface area contributed by atoms with Crippen molar-refractivity contribution in [3.8, 4) is 6.07 Å². The molecule has 3 aromatic rings. The molecule has 0 amide bonds. The summed E-state index contributed by atoms with van der Waals surface area (Å²) in [5.74, 6) is -0.401. The fourth-order valence-electron chi connectivity index (χ4n) is 2.22. The van der Waals surface area contributed by atoms with E-state index in [9.17, 15) is 4.39 Å². The molecule has 2 nitrogen and oxygen atoms in total. The van der Waals surface area contributed by atoms with E-state index in [1.165, 1.54) is 16.2 Å². The van der Waals surface area contributed by atoms with Gasteiger partial charge in [-0.1, -0.05) is 18.2 Å². The lowest BCUT2D eigenvalue weighted by molar-refractivity contribution is 0.627. The molecule has 21 heavy (non-hydrogen) atoms. The number of hydrogen-bond donors (Lipinski definition) is 1. The molecular weight excluding hydrogens is 283 g/mol. The molecular formula is C17H13FN2S. The predicted octanol–water partition coefficient (Wildman–Crippen LogP) is 5.09. The zero-order chi connectivity index (χ0) is 14.8. The summed E-state index contributed by atoms with van der Waals surface area (Å²) in [5.41, 5.74) is 0.742. The largest absolute Gasteiger partial charge is 0.375 e. The summed E-state index contributed by atoms with van der Waals surface area (Å²) in [6.07, 6.45) is 0. The molecule has 1 N–H and O–H groups in total. The highest BCUT2D eigenvalue weighted by Crippen LogP contribution is 2.31. The van der Waals surface area contributed by atoms with Crippen molar-refractivity contribution < 1.29 is 4.39 Å². The second kappa shape index (κ2) is 5.55. The molecule has 0 bridgehead atoms. The third-order valence-corrected chi connectivity index (χ3v) is 4.64. The van der Waals surface area contributed by atoms with Gasteiger partial charge in [0.15, 0.2) is 0 Å². The average molecular weight is 296 g/mol. The molecule has 0 radical (unpaired) electrons. The number of nitrogens with one attached hydrogen (secondary N) is 1. The van der Waals surface area contributed by atoms with Gasteiger partial charge in [0, 0.05) is 9.58 Å². The quantitative estimate of drug-likeness (QED) is 0.731. The SMILES string of the molecule is CC(Nc1ccc(C#N)cc1F)c1cc2ccccc2s1. The molecule has 0 spiro atoms. The summed E-state index contributed by atoms with van der Waals surface area (Å²) in [5, 5.41) is 13.1. The van der Waals surface area contributed by atoms with E-state index < -0.39 is 5.82 Å². The molecule has 0 aliphatic carbocycles. The highest BCUT2D eigenvalue weighted by Gasteiger charge is 2.12. The van der Waals surface area contributed by atoms with Gasteiger partial charge >= 0.3 is 0 Å². The number of hydrogen-bond acceptors (Lipinski definition) is 3. The van der Waals surface area contributed by atoms with E-state index in [1.54, 1.807) is 23.5 Å². The van der Waals surface area contributed by atoms with Gasteiger partial charge in [-0.25, -0.2) is 4.39 Å². The van der Waals surface area contributed by atoms with Crippen LogP contribution in [-0.4, -0.2) is 0 Å². The second-order valence-electron chi connectivity index (χ2n) is 4.86. The average Bonchev–Trinajstić information content (AvgIpc) is 2.93. The van der Waals surface area contributed by atoms with Gasteiger partial charge in [0.05, 0.1) is 23.4 Å². The summed E-state index contributed by atoms with van der Waals surface area (Å²) in [4.78, 5) is 1.15. The van der Waals surface area contributed by atoms with Crippen molar-refractivity contribution in [1.82, 2.24) is 0 Å². The van der Waals surface area contributed by atoms with Crippen LogP contribution in [0.15, 0.2) is 48.5 Å². The lowest BCUT2D eigenvalue weighted by atomic mass is 10.2. The van der Waals surface area contributed by atoms with Gasteiger partial charge in [0.1, 0.15) is 5.82 Å². The lowest BCUT2D eigenvalue weighted by Gasteiger charge is -2.14. The van der Waals surface area contributed by atoms with Crippen LogP contribution in [0.1, 0.15) is 23.4 Å². The Morgan fingerprint density at radius 3 is 2.71 bits per heavy atom. The van der Waals surface area contributed by atoms with Crippen molar-refractivity contribution in [3.63, 3.8) is 0 Å². The molecule has 0 saturated carbocycles. The van der Waals surface area contributed by atoms with Crippen molar-refractivity contribution in [1.29, 1.82) is 5.26 Å². The zero-order valence-electron chi connectivity index (χ0n) is 11.4. The molecule has 1 heterocycles. The van der Waals surface area contributed by atoms with Crippen molar-refractivity contribution >= 4 is 27.1 Å². The molecule has 3 rings (SSSR count). The molecule has 2 aromatic carbocycles. The number of benzene rings is 2. The van der Waals surface area contributed by atoms with E-state index >= 15 is 0 Å². The predicted molar refractivity (Wildman–Crippen MR) is 85.0 cm³/mol. The standard InChI is InChI=1S/C17H13FN2S/c1-11(17-9-13-4-2-3-5-16(13)21-17)20-15-7-6-12(10-19)8-14(15)18/h2-9,11,20H,1H3. The van der Waals surface area contributed by atoms with Crippen molar-refractivity contribution in [3.05, 3.63) is 64.8 Å². The Bertz CT molecular complexity index is 799. The molecule has 1 unspecified atom stereocenters. The molecule has 0 saturated heterocycles. The maximum absolute atomic E-state index is 13.9. The first-order valence-corrected chi connectivity index (χ1v) is 7.43. The number of anilines is 1. The van der Waals surface area contributed by atoms with E-state index in [1.807, 2.05) is 25.1 Å². The minimum Gasteiger partial charge on any atom is -0.375 e. The van der Waals surface area contributed by atoms with Gasteiger partial charge in [-0.15, -0.1) is 11.3 Å². The van der Waals surface area contributed by atoms with Gasteiger partial charge < -0.3 is 5.32 Å². The van der Waals surface area contributed by atoms with Crippen molar-refractivity contribution in [2.75, 3.05) is 5.32 Å². The van der Waals surface area contributed by atoms with E-state index in [0.717, 1.165) is 4.88 Å². The topological polar surface area (TPSA) is 35.8 Å². The molecule has 4 heteroatoms. The second-order valence-corrected chi connectivity index (χ2v) is 5.97. The van der Waals surface area contributed by atoms with Gasteiger partial charge in [-0.05, 0) is 42.6 Å². The third-order valence-electron chi connectivity index (χ3n) is 3.34. The number of fused-ring (bicyclic) bond motifs is 1. The van der Waals surface area contributed by atoms with Gasteiger partial charge in [-0.2, -0.15) is 5.26 Å². The van der Waals surface area contributed by atoms with Crippen LogP contribution in [0.2, 0.25) is 0 Å². The Kier molecular flexibility index (Phi) is 3.59. The molecule has 104 valence electrons. The molecule has 0 fully saturated rings. The summed E-state index contributed by atoms with van der Waals surface area (Å²) < 4.78 is 15.1.